The third-order valence-electron chi connectivity index (χ3n) is 3.62. The van der Waals surface area contributed by atoms with Gasteiger partial charge in [-0.15, -0.1) is 0 Å². The second-order valence-electron chi connectivity index (χ2n) is 7.24. The van der Waals surface area contributed by atoms with Gasteiger partial charge in [0.1, 0.15) is 11.3 Å². The quantitative estimate of drug-likeness (QED) is 0.925. The van der Waals surface area contributed by atoms with Gasteiger partial charge in [0, 0.05) is 19.1 Å². The summed E-state index contributed by atoms with van der Waals surface area (Å²) in [6, 6.07) is 0.113. The number of aryl methyl sites for hydroxylation is 1. The van der Waals surface area contributed by atoms with Crippen molar-refractivity contribution in [3.8, 4) is 0 Å². The lowest BCUT2D eigenvalue weighted by Crippen LogP contribution is -2.61. The van der Waals surface area contributed by atoms with Crippen molar-refractivity contribution in [2.75, 3.05) is 13.1 Å². The number of imidazole rings is 1. The van der Waals surface area contributed by atoms with Crippen LogP contribution in [0.15, 0.2) is 6.33 Å². The van der Waals surface area contributed by atoms with E-state index in [4.69, 9.17) is 4.74 Å². The minimum atomic E-state index is -0.508. The average molecular weight is 322 g/mol. The van der Waals surface area contributed by atoms with E-state index in [1.54, 1.807) is 11.2 Å². The Labute approximate surface area is 137 Å². The van der Waals surface area contributed by atoms with Crippen LogP contribution >= 0.6 is 0 Å². The van der Waals surface area contributed by atoms with Crippen LogP contribution in [-0.4, -0.2) is 51.2 Å². The Hall–Kier alpha value is -2.05. The standard InChI is InChI=1S/C16H26N4O3/c1-10(2)20-9-17-11(3)13(20)14(21)18-12-7-19(8-12)15(22)23-16(4,5)6/h9-10,12H,7-8H2,1-6H3,(H,18,21). The highest BCUT2D eigenvalue weighted by atomic mass is 16.6. The van der Waals surface area contributed by atoms with E-state index in [2.05, 4.69) is 10.3 Å². The molecule has 0 saturated carbocycles. The molecule has 128 valence electrons. The van der Waals surface area contributed by atoms with E-state index in [1.807, 2.05) is 46.1 Å². The van der Waals surface area contributed by atoms with Gasteiger partial charge < -0.3 is 19.5 Å². The van der Waals surface area contributed by atoms with Gasteiger partial charge in [0.05, 0.1) is 18.1 Å². The SMILES string of the molecule is Cc1ncn(C(C)C)c1C(=O)NC1CN(C(=O)OC(C)(C)C)C1. The first-order chi connectivity index (χ1) is 10.6. The number of hydrogen-bond donors (Lipinski definition) is 1. The fourth-order valence-corrected chi connectivity index (χ4v) is 2.43. The summed E-state index contributed by atoms with van der Waals surface area (Å²) in [5, 5.41) is 2.95. The number of amides is 2. The minimum absolute atomic E-state index is 0.0510. The minimum Gasteiger partial charge on any atom is -0.444 e. The van der Waals surface area contributed by atoms with Crippen LogP contribution in [0.25, 0.3) is 0 Å². The third-order valence-corrected chi connectivity index (χ3v) is 3.62. The number of rotatable bonds is 3. The van der Waals surface area contributed by atoms with Gasteiger partial charge in [-0.25, -0.2) is 9.78 Å². The summed E-state index contributed by atoms with van der Waals surface area (Å²) in [6.45, 7) is 12.3. The van der Waals surface area contributed by atoms with Crippen molar-refractivity contribution < 1.29 is 14.3 Å². The van der Waals surface area contributed by atoms with E-state index >= 15 is 0 Å². The maximum absolute atomic E-state index is 12.5. The molecule has 0 aliphatic carbocycles. The van der Waals surface area contributed by atoms with Crippen LogP contribution in [0.4, 0.5) is 4.79 Å². The Morgan fingerprint density at radius 1 is 1.35 bits per heavy atom. The molecule has 1 aromatic rings. The molecule has 1 aromatic heterocycles. The van der Waals surface area contributed by atoms with E-state index in [-0.39, 0.29) is 24.1 Å². The molecule has 7 nitrogen and oxygen atoms in total. The van der Waals surface area contributed by atoms with Crippen molar-refractivity contribution in [1.29, 1.82) is 0 Å². The number of nitrogens with one attached hydrogen (secondary N) is 1. The molecule has 1 saturated heterocycles. The molecule has 1 aliphatic heterocycles. The largest absolute Gasteiger partial charge is 0.444 e. The lowest BCUT2D eigenvalue weighted by Gasteiger charge is -2.40. The maximum Gasteiger partial charge on any atom is 0.410 e. The fourth-order valence-electron chi connectivity index (χ4n) is 2.43. The van der Waals surface area contributed by atoms with Crippen molar-refractivity contribution in [3.63, 3.8) is 0 Å². The van der Waals surface area contributed by atoms with Crippen molar-refractivity contribution in [2.45, 2.75) is 59.2 Å². The maximum atomic E-state index is 12.5. The molecule has 0 radical (unpaired) electrons. The molecule has 1 fully saturated rings. The van der Waals surface area contributed by atoms with Gasteiger partial charge in [0.2, 0.25) is 0 Å². The second-order valence-corrected chi connectivity index (χ2v) is 7.24. The van der Waals surface area contributed by atoms with Gasteiger partial charge in [0.15, 0.2) is 0 Å². The lowest BCUT2D eigenvalue weighted by molar-refractivity contribution is 0.00528. The summed E-state index contributed by atoms with van der Waals surface area (Å²) in [5.74, 6) is -0.150. The highest BCUT2D eigenvalue weighted by Crippen LogP contribution is 2.17. The predicted molar refractivity (Wildman–Crippen MR) is 86.4 cm³/mol. The van der Waals surface area contributed by atoms with Gasteiger partial charge in [-0.3, -0.25) is 4.79 Å². The van der Waals surface area contributed by atoms with Crippen LogP contribution in [0, 0.1) is 6.92 Å². The zero-order chi connectivity index (χ0) is 17.4. The Balaban J connectivity index is 1.90. The first-order valence-corrected chi connectivity index (χ1v) is 7.90. The summed E-state index contributed by atoms with van der Waals surface area (Å²) < 4.78 is 7.15. The van der Waals surface area contributed by atoms with Crippen molar-refractivity contribution in [3.05, 3.63) is 17.7 Å². The molecule has 7 heteroatoms. The Kier molecular flexibility index (Phi) is 4.68. The number of likely N-dealkylation sites (tertiary alicyclic amines) is 1. The van der Waals surface area contributed by atoms with Gasteiger partial charge in [-0.05, 0) is 41.5 Å². The molecule has 0 unspecified atom stereocenters. The van der Waals surface area contributed by atoms with Gasteiger partial charge in [0.25, 0.3) is 5.91 Å². The zero-order valence-corrected chi connectivity index (χ0v) is 14.7. The number of hydrogen-bond acceptors (Lipinski definition) is 4. The molecule has 2 amide bonds. The molecular weight excluding hydrogens is 296 g/mol. The average Bonchev–Trinajstić information content (AvgIpc) is 2.72. The molecule has 0 spiro atoms. The Morgan fingerprint density at radius 2 is 1.96 bits per heavy atom. The van der Waals surface area contributed by atoms with Crippen molar-refractivity contribution in [1.82, 2.24) is 19.8 Å². The molecule has 0 aromatic carbocycles. The van der Waals surface area contributed by atoms with Crippen LogP contribution in [0.1, 0.15) is 56.8 Å². The normalized spacial score (nSPS) is 15.5. The van der Waals surface area contributed by atoms with Gasteiger partial charge >= 0.3 is 6.09 Å². The molecule has 2 rings (SSSR count). The number of ether oxygens (including phenoxy) is 1. The molecule has 2 heterocycles. The first-order valence-electron chi connectivity index (χ1n) is 7.90. The molecular formula is C16H26N4O3. The molecule has 0 atom stereocenters. The first kappa shape index (κ1) is 17.3. The molecule has 0 bridgehead atoms. The van der Waals surface area contributed by atoms with Gasteiger partial charge in [-0.1, -0.05) is 0 Å². The van der Waals surface area contributed by atoms with E-state index in [1.165, 1.54) is 0 Å². The second kappa shape index (κ2) is 6.22. The van der Waals surface area contributed by atoms with E-state index in [0.29, 0.717) is 24.5 Å². The van der Waals surface area contributed by atoms with Crippen LogP contribution in [0.5, 0.6) is 0 Å². The lowest BCUT2D eigenvalue weighted by atomic mass is 10.1. The van der Waals surface area contributed by atoms with Gasteiger partial charge in [-0.2, -0.15) is 0 Å². The third kappa shape index (κ3) is 4.03. The molecule has 1 N–H and O–H groups in total. The number of aromatic nitrogens is 2. The topological polar surface area (TPSA) is 76.5 Å². The summed E-state index contributed by atoms with van der Waals surface area (Å²) in [4.78, 5) is 30.1. The van der Waals surface area contributed by atoms with E-state index < -0.39 is 5.60 Å². The van der Waals surface area contributed by atoms with Crippen LogP contribution in [0.3, 0.4) is 0 Å². The fraction of sp³-hybridized carbons (Fsp3) is 0.688. The van der Waals surface area contributed by atoms with Crippen molar-refractivity contribution in [2.24, 2.45) is 0 Å². The Morgan fingerprint density at radius 3 is 2.48 bits per heavy atom. The highest BCUT2D eigenvalue weighted by Gasteiger charge is 2.35. The molecule has 1 aliphatic rings. The number of carbonyl (C=O) groups is 2. The summed E-state index contributed by atoms with van der Waals surface area (Å²) in [7, 11) is 0. The predicted octanol–water partition coefficient (Wildman–Crippen LogP) is 2.12. The number of nitrogens with zero attached hydrogens (tertiary/aromatic N) is 3. The zero-order valence-electron chi connectivity index (χ0n) is 14.7. The number of carbonyl (C=O) groups excluding carboxylic acids is 2. The highest BCUT2D eigenvalue weighted by molar-refractivity contribution is 5.94. The monoisotopic (exact) mass is 322 g/mol. The molecule has 23 heavy (non-hydrogen) atoms. The Bertz CT molecular complexity index is 595. The van der Waals surface area contributed by atoms with Crippen LogP contribution in [-0.2, 0) is 4.74 Å². The summed E-state index contributed by atoms with van der Waals surface area (Å²) in [5.41, 5.74) is 0.780. The summed E-state index contributed by atoms with van der Waals surface area (Å²) in [6.07, 6.45) is 1.34. The van der Waals surface area contributed by atoms with E-state index in [9.17, 15) is 9.59 Å². The van der Waals surface area contributed by atoms with Crippen LogP contribution in [0.2, 0.25) is 0 Å². The smallest absolute Gasteiger partial charge is 0.410 e. The van der Waals surface area contributed by atoms with Crippen LogP contribution < -0.4 is 5.32 Å². The van der Waals surface area contributed by atoms with E-state index in [0.717, 1.165) is 0 Å². The van der Waals surface area contributed by atoms with Crippen molar-refractivity contribution >= 4 is 12.0 Å². The summed E-state index contributed by atoms with van der Waals surface area (Å²) >= 11 is 0.